The second-order valence-corrected chi connectivity index (χ2v) is 7.96. The number of hydrogen-bond donors (Lipinski definition) is 0. The minimum Gasteiger partial charge on any atom is -0.299 e. The third-order valence-electron chi connectivity index (χ3n) is 4.20. The summed E-state index contributed by atoms with van der Waals surface area (Å²) in [6.45, 7) is 0. The van der Waals surface area contributed by atoms with Crippen LogP contribution in [0.15, 0.2) is 101 Å². The van der Waals surface area contributed by atoms with Crippen molar-refractivity contribution in [3.8, 4) is 0 Å². The molecule has 0 bridgehead atoms. The summed E-state index contributed by atoms with van der Waals surface area (Å²) in [4.78, 5) is 24.7. The topological polar surface area (TPSA) is 89.9 Å². The maximum atomic E-state index is 12.5. The highest BCUT2D eigenvalue weighted by Crippen LogP contribution is 2.15. The molecule has 0 aromatic heterocycles. The van der Waals surface area contributed by atoms with Crippen LogP contribution in [0.2, 0.25) is 0 Å². The van der Waals surface area contributed by atoms with Crippen molar-refractivity contribution in [1.29, 1.82) is 0 Å². The van der Waals surface area contributed by atoms with Crippen LogP contribution in [0, 0.1) is 0 Å². The molecule has 0 aliphatic heterocycles. The lowest BCUT2D eigenvalue weighted by Gasteiger charge is -2.07. The van der Waals surface area contributed by atoms with Gasteiger partial charge in [0.25, 0.3) is 0 Å². The molecule has 0 atom stereocenters. The van der Waals surface area contributed by atoms with Gasteiger partial charge in [-0.3, -0.25) is 13.9 Å². The van der Waals surface area contributed by atoms with Crippen molar-refractivity contribution < 1.29 is 22.3 Å². The molecule has 3 aromatic carbocycles. The zero-order chi connectivity index (χ0) is 21.4. The highest BCUT2D eigenvalue weighted by atomic mass is 32.2. The molecule has 0 saturated carbocycles. The van der Waals surface area contributed by atoms with E-state index >= 15 is 0 Å². The molecule has 0 aliphatic carbocycles. The first-order chi connectivity index (χ1) is 14.5. The molecule has 0 N–H and O–H groups in total. The zero-order valence-electron chi connectivity index (χ0n) is 16.0. The molecule has 30 heavy (non-hydrogen) atoms. The average molecular weight is 421 g/mol. The summed E-state index contributed by atoms with van der Waals surface area (Å²) >= 11 is 0. The van der Waals surface area contributed by atoms with Gasteiger partial charge in [-0.25, -0.2) is 0 Å². The Labute approximate surface area is 174 Å². The highest BCUT2D eigenvalue weighted by Gasteiger charge is 2.19. The predicted molar refractivity (Wildman–Crippen MR) is 113 cm³/mol. The van der Waals surface area contributed by atoms with Crippen LogP contribution in [0.1, 0.15) is 28.8 Å². The second-order valence-electron chi connectivity index (χ2n) is 6.43. The van der Waals surface area contributed by atoms with Crippen molar-refractivity contribution in [3.63, 3.8) is 0 Å². The van der Waals surface area contributed by atoms with Crippen LogP contribution in [0.4, 0.5) is 0 Å². The van der Waals surface area contributed by atoms with Gasteiger partial charge in [-0.2, -0.15) is 8.42 Å². The maximum absolute atomic E-state index is 12.5. The fraction of sp³-hybridized carbons (Fsp3) is 0.0870. The third-order valence-corrected chi connectivity index (χ3v) is 5.32. The number of hydrogen-bond acceptors (Lipinski definition) is 6. The molecule has 0 aliphatic rings. The Bertz CT molecular complexity index is 1140. The molecular formula is C23H19NO5S. The van der Waals surface area contributed by atoms with Crippen LogP contribution in [-0.4, -0.2) is 25.7 Å². The van der Waals surface area contributed by atoms with Gasteiger partial charge in [-0.05, 0) is 17.7 Å². The van der Waals surface area contributed by atoms with E-state index in [1.807, 2.05) is 0 Å². The average Bonchev–Trinajstić information content (AvgIpc) is 2.78. The lowest BCUT2D eigenvalue weighted by atomic mass is 10.00. The van der Waals surface area contributed by atoms with Gasteiger partial charge in [0.15, 0.2) is 5.78 Å². The smallest absolute Gasteiger partial charge is 0.299 e. The van der Waals surface area contributed by atoms with Gasteiger partial charge in [0.2, 0.25) is 0 Å². The Morgan fingerprint density at radius 1 is 0.700 bits per heavy atom. The molecule has 6 nitrogen and oxygen atoms in total. The van der Waals surface area contributed by atoms with Crippen LogP contribution in [0.25, 0.3) is 0 Å². The number of carbonyl (C=O) groups is 2. The quantitative estimate of drug-likeness (QED) is 0.225. The molecule has 152 valence electrons. The Morgan fingerprint density at radius 3 is 1.77 bits per heavy atom. The van der Waals surface area contributed by atoms with E-state index in [9.17, 15) is 18.0 Å². The number of rotatable bonds is 9. The summed E-state index contributed by atoms with van der Waals surface area (Å²) in [7, 11) is -4.13. The molecule has 7 heteroatoms. The van der Waals surface area contributed by atoms with Crippen molar-refractivity contribution in [2.24, 2.45) is 5.16 Å². The molecule has 3 aromatic rings. The number of Topliss-reactive ketones (excluding diaryl/α,β-unsaturated/α-hetero) is 2. The van der Waals surface area contributed by atoms with Gasteiger partial charge < -0.3 is 0 Å². The van der Waals surface area contributed by atoms with E-state index in [0.29, 0.717) is 11.1 Å². The molecule has 0 fully saturated rings. The van der Waals surface area contributed by atoms with Crippen molar-refractivity contribution in [3.05, 3.63) is 102 Å². The Morgan fingerprint density at radius 2 is 1.20 bits per heavy atom. The zero-order valence-corrected chi connectivity index (χ0v) is 16.8. The maximum Gasteiger partial charge on any atom is 0.358 e. The monoisotopic (exact) mass is 421 g/mol. The third kappa shape index (κ3) is 5.71. The minimum absolute atomic E-state index is 0.0493. The minimum atomic E-state index is -4.13. The van der Waals surface area contributed by atoms with Crippen molar-refractivity contribution >= 4 is 27.4 Å². The molecular weight excluding hydrogens is 402 g/mol. The van der Waals surface area contributed by atoms with Gasteiger partial charge in [0, 0.05) is 5.56 Å². The summed E-state index contributed by atoms with van der Waals surface area (Å²) in [5.41, 5.74) is 1.09. The van der Waals surface area contributed by atoms with E-state index in [1.165, 1.54) is 12.1 Å². The van der Waals surface area contributed by atoms with Gasteiger partial charge in [0.05, 0.1) is 18.6 Å². The van der Waals surface area contributed by atoms with E-state index < -0.39 is 15.9 Å². The van der Waals surface area contributed by atoms with Gasteiger partial charge in [-0.1, -0.05) is 84.0 Å². The van der Waals surface area contributed by atoms with Gasteiger partial charge in [0.1, 0.15) is 10.7 Å². The van der Waals surface area contributed by atoms with Crippen molar-refractivity contribution in [1.82, 2.24) is 0 Å². The standard InChI is InChI=1S/C23H19NO5S/c25-20(17-23(26)19-12-6-2-7-13-19)16-22(18-10-4-1-5-11-18)24-29-30(27,28)21-14-8-3-9-15-21/h1-15H,16-17H2. The molecule has 0 radical (unpaired) electrons. The van der Waals surface area contributed by atoms with Crippen molar-refractivity contribution in [2.75, 3.05) is 0 Å². The fourth-order valence-corrected chi connectivity index (χ4v) is 3.46. The van der Waals surface area contributed by atoms with E-state index in [0.717, 1.165) is 0 Å². The van der Waals surface area contributed by atoms with Crippen LogP contribution in [0.3, 0.4) is 0 Å². The lowest BCUT2D eigenvalue weighted by molar-refractivity contribution is -0.117. The number of benzene rings is 3. The Hall–Kier alpha value is -3.58. The molecule has 0 amide bonds. The SMILES string of the molecule is O=C(CC(=O)c1ccccc1)CC(=NOS(=O)(=O)c1ccccc1)c1ccccc1. The summed E-state index contributed by atoms with van der Waals surface area (Å²) in [6.07, 6.45) is -0.561. The lowest BCUT2D eigenvalue weighted by Crippen LogP contribution is -2.15. The first-order valence-corrected chi connectivity index (χ1v) is 10.6. The van der Waals surface area contributed by atoms with E-state index in [1.54, 1.807) is 78.9 Å². The molecule has 3 rings (SSSR count). The Balaban J connectivity index is 1.79. The van der Waals surface area contributed by atoms with E-state index in [-0.39, 0.29) is 29.2 Å². The van der Waals surface area contributed by atoms with Gasteiger partial charge in [-0.15, -0.1) is 0 Å². The van der Waals surface area contributed by atoms with Gasteiger partial charge >= 0.3 is 10.1 Å². The van der Waals surface area contributed by atoms with E-state index in [2.05, 4.69) is 5.16 Å². The van der Waals surface area contributed by atoms with Crippen molar-refractivity contribution in [2.45, 2.75) is 17.7 Å². The molecule has 0 saturated heterocycles. The highest BCUT2D eigenvalue weighted by molar-refractivity contribution is 7.86. The first-order valence-electron chi connectivity index (χ1n) is 9.16. The fourth-order valence-electron chi connectivity index (χ4n) is 2.70. The summed E-state index contributed by atoms with van der Waals surface area (Å²) < 4.78 is 29.5. The summed E-state index contributed by atoms with van der Waals surface area (Å²) in [5, 5.41) is 3.76. The number of oxime groups is 1. The van der Waals surface area contributed by atoms with E-state index in [4.69, 9.17) is 4.28 Å². The molecule has 0 heterocycles. The normalized spacial score (nSPS) is 11.7. The van der Waals surface area contributed by atoms with Crippen LogP contribution in [0.5, 0.6) is 0 Å². The van der Waals surface area contributed by atoms with Crippen LogP contribution < -0.4 is 0 Å². The molecule has 0 unspecified atom stereocenters. The first kappa shape index (κ1) is 21.1. The number of ketones is 2. The largest absolute Gasteiger partial charge is 0.358 e. The Kier molecular flexibility index (Phi) is 6.87. The summed E-state index contributed by atoms with van der Waals surface area (Å²) in [5.74, 6) is -0.710. The second kappa shape index (κ2) is 9.76. The van der Waals surface area contributed by atoms with Crippen LogP contribution >= 0.6 is 0 Å². The number of carbonyl (C=O) groups excluding carboxylic acids is 2. The summed E-state index contributed by atoms with van der Waals surface area (Å²) in [6, 6.07) is 24.7. The molecule has 0 spiro atoms. The predicted octanol–water partition coefficient (Wildman–Crippen LogP) is 4.03. The van der Waals surface area contributed by atoms with Crippen LogP contribution in [-0.2, 0) is 19.2 Å². The number of nitrogens with zero attached hydrogens (tertiary/aromatic N) is 1.